The number of nitrogens with two attached hydrogens (primary N) is 1. The van der Waals surface area contributed by atoms with Gasteiger partial charge in [-0.25, -0.2) is 0 Å². The molecule has 5 heteroatoms. The van der Waals surface area contributed by atoms with Crippen LogP contribution in [0.4, 0.5) is 0 Å². The van der Waals surface area contributed by atoms with Crippen molar-refractivity contribution in [2.45, 2.75) is 19.5 Å². The number of hydrogen-bond donors (Lipinski definition) is 1. The minimum atomic E-state index is -0.0594. The monoisotopic (exact) mass is 288 g/mol. The average Bonchev–Trinajstić information content (AvgIpc) is 2.49. The van der Waals surface area contributed by atoms with Gasteiger partial charge in [-0.1, -0.05) is 12.1 Å². The van der Waals surface area contributed by atoms with Gasteiger partial charge >= 0.3 is 0 Å². The van der Waals surface area contributed by atoms with Gasteiger partial charge in [0.1, 0.15) is 6.61 Å². The van der Waals surface area contributed by atoms with Crippen LogP contribution in [0.15, 0.2) is 47.4 Å². The summed E-state index contributed by atoms with van der Waals surface area (Å²) in [5.74, 6) is 1.29. The number of hydrogen-bond acceptors (Lipinski definition) is 4. The quantitative estimate of drug-likeness (QED) is 0.882. The summed E-state index contributed by atoms with van der Waals surface area (Å²) in [5.41, 5.74) is 6.79. The minimum absolute atomic E-state index is 0.0413. The summed E-state index contributed by atoms with van der Waals surface area (Å²) in [6.07, 6.45) is 1.74. The standard InChI is InChI=1S/C16H20N2O3/c1-12(17)13-6-7-14(15(11-13)20-2)21-10-9-18-8-4-3-5-16(18)19/h3-8,11-12H,9-10,17H2,1-2H3/t12-/m1/s1. The zero-order valence-corrected chi connectivity index (χ0v) is 12.3. The molecule has 5 nitrogen and oxygen atoms in total. The Labute approximate surface area is 123 Å². The largest absolute Gasteiger partial charge is 0.493 e. The molecule has 1 heterocycles. The third kappa shape index (κ3) is 3.86. The van der Waals surface area contributed by atoms with Crippen molar-refractivity contribution in [1.29, 1.82) is 0 Å². The van der Waals surface area contributed by atoms with Crippen molar-refractivity contribution in [2.75, 3.05) is 13.7 Å². The summed E-state index contributed by atoms with van der Waals surface area (Å²) in [6, 6.07) is 10.6. The molecule has 0 aliphatic carbocycles. The van der Waals surface area contributed by atoms with Gasteiger partial charge < -0.3 is 19.8 Å². The molecule has 2 aromatic rings. The van der Waals surface area contributed by atoms with Crippen LogP contribution in [0.25, 0.3) is 0 Å². The Bertz CT molecular complexity index is 650. The van der Waals surface area contributed by atoms with E-state index in [0.29, 0.717) is 24.7 Å². The first kappa shape index (κ1) is 15.1. The van der Waals surface area contributed by atoms with Crippen LogP contribution < -0.4 is 20.8 Å². The molecule has 1 aromatic carbocycles. The van der Waals surface area contributed by atoms with Crippen LogP contribution in [0.2, 0.25) is 0 Å². The highest BCUT2D eigenvalue weighted by molar-refractivity contribution is 5.43. The number of aromatic nitrogens is 1. The van der Waals surface area contributed by atoms with E-state index in [2.05, 4.69) is 0 Å². The van der Waals surface area contributed by atoms with E-state index < -0.39 is 0 Å². The van der Waals surface area contributed by atoms with Crippen LogP contribution >= 0.6 is 0 Å². The first-order valence-electron chi connectivity index (χ1n) is 6.83. The predicted octanol–water partition coefficient (Wildman–Crippen LogP) is 1.96. The molecule has 112 valence electrons. The second-order valence-electron chi connectivity index (χ2n) is 4.78. The van der Waals surface area contributed by atoms with E-state index >= 15 is 0 Å². The molecule has 0 fully saturated rings. The maximum atomic E-state index is 11.6. The van der Waals surface area contributed by atoms with Crippen molar-refractivity contribution in [2.24, 2.45) is 5.73 Å². The number of methoxy groups -OCH3 is 1. The molecular formula is C16H20N2O3. The van der Waals surface area contributed by atoms with E-state index in [4.69, 9.17) is 15.2 Å². The van der Waals surface area contributed by atoms with Crippen molar-refractivity contribution < 1.29 is 9.47 Å². The molecule has 21 heavy (non-hydrogen) atoms. The van der Waals surface area contributed by atoms with E-state index in [1.165, 1.54) is 6.07 Å². The predicted molar refractivity (Wildman–Crippen MR) is 81.8 cm³/mol. The van der Waals surface area contributed by atoms with Crippen LogP contribution in [0.5, 0.6) is 11.5 Å². The summed E-state index contributed by atoms with van der Waals surface area (Å²) < 4.78 is 12.6. The second-order valence-corrected chi connectivity index (χ2v) is 4.78. The molecule has 0 saturated heterocycles. The van der Waals surface area contributed by atoms with Gasteiger partial charge in [0.25, 0.3) is 5.56 Å². The second kappa shape index (κ2) is 6.95. The normalized spacial score (nSPS) is 12.0. The first-order valence-corrected chi connectivity index (χ1v) is 6.83. The van der Waals surface area contributed by atoms with E-state index in [1.54, 1.807) is 23.9 Å². The molecule has 0 aliphatic heterocycles. The molecule has 1 atom stereocenters. The van der Waals surface area contributed by atoms with Gasteiger partial charge in [0, 0.05) is 18.3 Å². The van der Waals surface area contributed by atoms with Gasteiger partial charge in [-0.05, 0) is 30.7 Å². The number of rotatable bonds is 6. The summed E-state index contributed by atoms with van der Waals surface area (Å²) in [6.45, 7) is 2.78. The van der Waals surface area contributed by atoms with E-state index in [1.807, 2.05) is 31.2 Å². The summed E-state index contributed by atoms with van der Waals surface area (Å²) >= 11 is 0. The fourth-order valence-electron chi connectivity index (χ4n) is 1.99. The SMILES string of the molecule is COc1cc([C@@H](C)N)ccc1OCCn1ccccc1=O. The van der Waals surface area contributed by atoms with Crippen molar-refractivity contribution in [3.63, 3.8) is 0 Å². The maximum Gasteiger partial charge on any atom is 0.250 e. The lowest BCUT2D eigenvalue weighted by molar-refractivity contribution is 0.278. The summed E-state index contributed by atoms with van der Waals surface area (Å²) in [4.78, 5) is 11.6. The van der Waals surface area contributed by atoms with Gasteiger partial charge in [0.2, 0.25) is 0 Å². The smallest absolute Gasteiger partial charge is 0.250 e. The first-order chi connectivity index (χ1) is 10.1. The van der Waals surface area contributed by atoms with E-state index in [9.17, 15) is 4.79 Å². The Morgan fingerprint density at radius 3 is 2.71 bits per heavy atom. The van der Waals surface area contributed by atoms with Gasteiger partial charge in [-0.2, -0.15) is 0 Å². The molecule has 0 unspecified atom stereocenters. The molecule has 0 radical (unpaired) electrons. The van der Waals surface area contributed by atoms with Gasteiger partial charge in [-0.3, -0.25) is 4.79 Å². The topological polar surface area (TPSA) is 66.5 Å². The molecular weight excluding hydrogens is 268 g/mol. The fraction of sp³-hybridized carbons (Fsp3) is 0.312. The van der Waals surface area contributed by atoms with Crippen molar-refractivity contribution in [3.05, 3.63) is 58.5 Å². The van der Waals surface area contributed by atoms with E-state index in [-0.39, 0.29) is 11.6 Å². The van der Waals surface area contributed by atoms with Gasteiger partial charge in [0.15, 0.2) is 11.5 Å². The Morgan fingerprint density at radius 1 is 1.24 bits per heavy atom. The number of nitrogens with zero attached hydrogens (tertiary/aromatic N) is 1. The third-order valence-electron chi connectivity index (χ3n) is 3.20. The van der Waals surface area contributed by atoms with Crippen LogP contribution in [-0.4, -0.2) is 18.3 Å². The highest BCUT2D eigenvalue weighted by atomic mass is 16.5. The molecule has 0 bridgehead atoms. The highest BCUT2D eigenvalue weighted by Gasteiger charge is 2.08. The van der Waals surface area contributed by atoms with E-state index in [0.717, 1.165) is 5.56 Å². The lowest BCUT2D eigenvalue weighted by atomic mass is 10.1. The molecule has 0 amide bonds. The number of benzene rings is 1. The Morgan fingerprint density at radius 2 is 2.05 bits per heavy atom. The van der Waals surface area contributed by atoms with Crippen LogP contribution in [0.3, 0.4) is 0 Å². The molecule has 2 N–H and O–H groups in total. The molecule has 0 spiro atoms. The van der Waals surface area contributed by atoms with Crippen molar-refractivity contribution in [3.8, 4) is 11.5 Å². The third-order valence-corrected chi connectivity index (χ3v) is 3.20. The molecule has 1 aromatic heterocycles. The summed E-state index contributed by atoms with van der Waals surface area (Å²) in [5, 5.41) is 0. The van der Waals surface area contributed by atoms with Gasteiger partial charge in [0.05, 0.1) is 13.7 Å². The summed E-state index contributed by atoms with van der Waals surface area (Å²) in [7, 11) is 1.59. The Balaban J connectivity index is 2.03. The highest BCUT2D eigenvalue weighted by Crippen LogP contribution is 2.29. The average molecular weight is 288 g/mol. The maximum absolute atomic E-state index is 11.6. The van der Waals surface area contributed by atoms with Crippen molar-refractivity contribution in [1.82, 2.24) is 4.57 Å². The molecule has 0 saturated carbocycles. The Hall–Kier alpha value is -2.27. The zero-order valence-electron chi connectivity index (χ0n) is 12.3. The fourth-order valence-corrected chi connectivity index (χ4v) is 1.99. The van der Waals surface area contributed by atoms with Gasteiger partial charge in [-0.15, -0.1) is 0 Å². The molecule has 0 aliphatic rings. The van der Waals surface area contributed by atoms with Crippen LogP contribution in [0.1, 0.15) is 18.5 Å². The zero-order chi connectivity index (χ0) is 15.2. The molecule has 2 rings (SSSR count). The number of pyridine rings is 1. The minimum Gasteiger partial charge on any atom is -0.493 e. The Kier molecular flexibility index (Phi) is 5.00. The lowest BCUT2D eigenvalue weighted by Gasteiger charge is -2.14. The lowest BCUT2D eigenvalue weighted by Crippen LogP contribution is -2.21. The van der Waals surface area contributed by atoms with Crippen LogP contribution in [-0.2, 0) is 6.54 Å². The van der Waals surface area contributed by atoms with Crippen LogP contribution in [0, 0.1) is 0 Å². The number of ether oxygens (including phenoxy) is 2. The van der Waals surface area contributed by atoms with Crippen molar-refractivity contribution >= 4 is 0 Å².